The van der Waals surface area contributed by atoms with Crippen LogP contribution >= 0.6 is 15.2 Å². The zero-order valence-electron chi connectivity index (χ0n) is 18.6. The number of para-hydroxylation sites is 2. The molecule has 0 aliphatic carbocycles. The highest BCUT2D eigenvalue weighted by Crippen LogP contribution is 2.38. The first kappa shape index (κ1) is 27.9. The van der Waals surface area contributed by atoms with E-state index < -0.39 is 15.2 Å². The second-order valence-electron chi connectivity index (χ2n) is 7.78. The van der Waals surface area contributed by atoms with Crippen molar-refractivity contribution in [2.24, 2.45) is 0 Å². The number of amides is 2. The molecule has 0 atom stereocenters. The highest BCUT2D eigenvalue weighted by atomic mass is 31.2. The molecule has 0 spiro atoms. The molecule has 10 nitrogen and oxygen atoms in total. The molecule has 0 saturated carbocycles. The number of unbranched alkanes of at least 4 members (excludes halogenated alkanes) is 5. The third-order valence-corrected chi connectivity index (χ3v) is 7.32. The molecule has 0 aromatic heterocycles. The van der Waals surface area contributed by atoms with Crippen LogP contribution in [0.5, 0.6) is 0 Å². The highest BCUT2D eigenvalue weighted by molar-refractivity contribution is 7.61. The van der Waals surface area contributed by atoms with Crippen molar-refractivity contribution in [3.05, 3.63) is 48.5 Å². The minimum Gasteiger partial charge on any atom is -0.321 e. The van der Waals surface area contributed by atoms with Gasteiger partial charge in [-0.05, 0) is 37.1 Å². The summed E-state index contributed by atoms with van der Waals surface area (Å²) in [6.45, 7) is 0.664. The Morgan fingerprint density at radius 3 is 1.24 bits per heavy atom. The van der Waals surface area contributed by atoms with Gasteiger partial charge in [0.2, 0.25) is 12.8 Å². The monoisotopic (exact) mass is 512 g/mol. The van der Waals surface area contributed by atoms with Crippen molar-refractivity contribution in [2.45, 2.75) is 38.5 Å². The molecule has 4 N–H and O–H groups in total. The van der Waals surface area contributed by atoms with Gasteiger partial charge in [-0.3, -0.25) is 18.7 Å². The molecule has 186 valence electrons. The predicted molar refractivity (Wildman–Crippen MR) is 131 cm³/mol. The fourth-order valence-electron chi connectivity index (χ4n) is 3.64. The lowest BCUT2D eigenvalue weighted by Gasteiger charge is -2.21. The van der Waals surface area contributed by atoms with Gasteiger partial charge in [0.1, 0.15) is 0 Å². The zero-order valence-corrected chi connectivity index (χ0v) is 20.4. The van der Waals surface area contributed by atoms with Crippen LogP contribution in [0.1, 0.15) is 38.5 Å². The number of hydrogen-bond acceptors (Lipinski definition) is 4. The molecule has 0 unspecified atom stereocenters. The van der Waals surface area contributed by atoms with Crippen molar-refractivity contribution in [1.82, 2.24) is 0 Å². The Morgan fingerprint density at radius 2 is 0.912 bits per heavy atom. The minimum absolute atomic E-state index is 0.179. The van der Waals surface area contributed by atoms with E-state index in [2.05, 4.69) is 0 Å². The van der Waals surface area contributed by atoms with Crippen LogP contribution in [0.3, 0.4) is 0 Å². The molecule has 2 amide bonds. The Bertz CT molecular complexity index is 969. The van der Waals surface area contributed by atoms with Crippen LogP contribution in [0.2, 0.25) is 0 Å². The molecular weight excluding hydrogens is 482 g/mol. The maximum atomic E-state index is 11.7. The number of anilines is 2. The van der Waals surface area contributed by atoms with Crippen molar-refractivity contribution in [3.8, 4) is 0 Å². The summed E-state index contributed by atoms with van der Waals surface area (Å²) in [6, 6.07) is 11.9. The van der Waals surface area contributed by atoms with E-state index in [0.717, 1.165) is 25.7 Å². The molecule has 0 aliphatic heterocycles. The Kier molecular flexibility index (Phi) is 10.6. The first-order valence-corrected chi connectivity index (χ1v) is 14.1. The summed E-state index contributed by atoms with van der Waals surface area (Å²) >= 11 is 0. The largest absolute Gasteiger partial charge is 0.358 e. The number of benzene rings is 2. The average Bonchev–Trinajstić information content (AvgIpc) is 2.79. The van der Waals surface area contributed by atoms with Gasteiger partial charge < -0.3 is 29.4 Å². The van der Waals surface area contributed by atoms with Crippen molar-refractivity contribution in [1.29, 1.82) is 0 Å². The van der Waals surface area contributed by atoms with Gasteiger partial charge in [-0.15, -0.1) is 0 Å². The molecule has 2 rings (SSSR count). The maximum absolute atomic E-state index is 11.7. The van der Waals surface area contributed by atoms with Gasteiger partial charge in [0.15, 0.2) is 0 Å². The Labute approximate surface area is 198 Å². The zero-order chi connectivity index (χ0) is 25.2. The maximum Gasteiger partial charge on any atom is 0.358 e. The summed E-state index contributed by atoms with van der Waals surface area (Å²) < 4.78 is 23.3. The first-order valence-electron chi connectivity index (χ1n) is 10.8. The van der Waals surface area contributed by atoms with Gasteiger partial charge in [-0.25, -0.2) is 0 Å². The van der Waals surface area contributed by atoms with Crippen molar-refractivity contribution < 1.29 is 38.3 Å². The molecule has 2 aromatic rings. The fraction of sp³-hybridized carbons (Fsp3) is 0.364. The first-order chi connectivity index (χ1) is 16.1. The van der Waals surface area contributed by atoms with Crippen LogP contribution in [-0.2, 0) is 18.7 Å². The Hall–Kier alpha value is -2.32. The van der Waals surface area contributed by atoms with E-state index in [0.29, 0.717) is 38.8 Å². The average molecular weight is 512 g/mol. The number of carbonyl (C=O) groups excluding carboxylic acids is 2. The second kappa shape index (κ2) is 13.0. The number of carbonyl (C=O) groups is 2. The molecular formula is C22H30N2O8P2. The highest BCUT2D eigenvalue weighted by Gasteiger charge is 2.24. The summed E-state index contributed by atoms with van der Waals surface area (Å²) in [5, 5.41) is -0.357. The van der Waals surface area contributed by atoms with E-state index >= 15 is 0 Å². The number of nitrogens with zero attached hydrogens (tertiary/aromatic N) is 2. The molecule has 0 saturated heterocycles. The van der Waals surface area contributed by atoms with E-state index in [4.69, 9.17) is 0 Å². The molecule has 2 aromatic carbocycles. The van der Waals surface area contributed by atoms with E-state index in [1.54, 1.807) is 12.1 Å². The topological polar surface area (TPSA) is 156 Å². The van der Waals surface area contributed by atoms with Crippen LogP contribution in [0.15, 0.2) is 48.5 Å². The van der Waals surface area contributed by atoms with E-state index in [1.165, 1.54) is 46.2 Å². The van der Waals surface area contributed by atoms with Gasteiger partial charge >= 0.3 is 15.2 Å². The summed E-state index contributed by atoms with van der Waals surface area (Å²) in [6.07, 6.45) is 5.80. The van der Waals surface area contributed by atoms with Gasteiger partial charge in [0.25, 0.3) is 0 Å². The van der Waals surface area contributed by atoms with Crippen LogP contribution in [0, 0.1) is 0 Å². The van der Waals surface area contributed by atoms with Crippen LogP contribution in [-0.4, -0.2) is 45.5 Å². The molecule has 34 heavy (non-hydrogen) atoms. The quantitative estimate of drug-likeness (QED) is 0.161. The molecule has 12 heteroatoms. The minimum atomic E-state index is -4.50. The lowest BCUT2D eigenvalue weighted by molar-refractivity contribution is -0.108. The normalized spacial score (nSPS) is 11.8. The smallest absolute Gasteiger partial charge is 0.321 e. The van der Waals surface area contributed by atoms with E-state index in [-0.39, 0.29) is 22.0 Å². The fourth-order valence-corrected chi connectivity index (χ4v) is 5.20. The van der Waals surface area contributed by atoms with Crippen LogP contribution in [0.4, 0.5) is 11.4 Å². The lowest BCUT2D eigenvalue weighted by atomic mass is 10.1. The van der Waals surface area contributed by atoms with Crippen LogP contribution in [0.25, 0.3) is 0 Å². The second-order valence-corrected chi connectivity index (χ2v) is 10.9. The summed E-state index contributed by atoms with van der Waals surface area (Å²) in [4.78, 5) is 63.5. The van der Waals surface area contributed by atoms with E-state index in [9.17, 15) is 38.3 Å². The Morgan fingerprint density at radius 1 is 0.588 bits per heavy atom. The number of rotatable bonds is 15. The van der Waals surface area contributed by atoms with Crippen molar-refractivity contribution >= 4 is 50.0 Å². The molecule has 0 fully saturated rings. The summed E-state index contributed by atoms with van der Waals surface area (Å²) in [5.41, 5.74) is 0.408. The molecule has 0 bridgehead atoms. The lowest BCUT2D eigenvalue weighted by Crippen LogP contribution is -2.27. The van der Waals surface area contributed by atoms with Gasteiger partial charge in [-0.2, -0.15) is 0 Å². The number of hydrogen-bond donors (Lipinski definition) is 4. The van der Waals surface area contributed by atoms with Crippen molar-refractivity contribution in [2.75, 3.05) is 22.9 Å². The standard InChI is InChI=1S/C22H30N2O8P2/c25-17-23(19-11-5-7-13-21(19)33(27,28)29)15-9-3-1-2-4-10-16-24(18-26)20-12-6-8-14-22(20)34(30,31)32/h5-8,11-14,17-18H,1-4,9-10,15-16H2,(H2,27,28,29)(H2,30,31,32). The third kappa shape index (κ3) is 8.17. The third-order valence-electron chi connectivity index (χ3n) is 5.31. The van der Waals surface area contributed by atoms with Crippen molar-refractivity contribution in [3.63, 3.8) is 0 Å². The summed E-state index contributed by atoms with van der Waals surface area (Å²) in [7, 11) is -9.00. The van der Waals surface area contributed by atoms with E-state index in [1.807, 2.05) is 0 Å². The SMILES string of the molecule is O=CN(CCCCCCCCN(C=O)c1ccccc1P(=O)(O)O)c1ccccc1P(=O)(O)O. The van der Waals surface area contributed by atoms with Gasteiger partial charge in [0, 0.05) is 13.1 Å². The van der Waals surface area contributed by atoms with Gasteiger partial charge in [0.05, 0.1) is 22.0 Å². The van der Waals surface area contributed by atoms with Crippen LogP contribution < -0.4 is 20.4 Å². The van der Waals surface area contributed by atoms with Gasteiger partial charge in [-0.1, -0.05) is 49.9 Å². The summed E-state index contributed by atoms with van der Waals surface area (Å²) in [5.74, 6) is 0. The molecule has 0 radical (unpaired) electrons. The predicted octanol–water partition coefficient (Wildman–Crippen LogP) is 2.26. The Balaban J connectivity index is 1.76. The molecule has 0 aliphatic rings. The molecule has 0 heterocycles.